The zero-order chi connectivity index (χ0) is 15.9. The first-order valence-corrected chi connectivity index (χ1v) is 9.30. The second-order valence-electron chi connectivity index (χ2n) is 5.27. The molecule has 118 valence electrons. The van der Waals surface area contributed by atoms with Gasteiger partial charge in [-0.2, -0.15) is 8.42 Å². The van der Waals surface area contributed by atoms with E-state index in [9.17, 15) is 8.42 Å². The van der Waals surface area contributed by atoms with Crippen molar-refractivity contribution in [3.05, 3.63) is 40.4 Å². The summed E-state index contributed by atoms with van der Waals surface area (Å²) >= 11 is 3.40. The highest BCUT2D eigenvalue weighted by Gasteiger charge is 2.10. The molecule has 1 aromatic rings. The lowest BCUT2D eigenvalue weighted by atomic mass is 10.0. The van der Waals surface area contributed by atoms with E-state index in [4.69, 9.17) is 4.55 Å². The van der Waals surface area contributed by atoms with Gasteiger partial charge in [0.1, 0.15) is 0 Å². The van der Waals surface area contributed by atoms with Gasteiger partial charge in [-0.3, -0.25) is 4.55 Å². The van der Waals surface area contributed by atoms with E-state index in [2.05, 4.69) is 41.2 Å². The number of halogens is 1. The standard InChI is InChI=1S/C15H22BrNO3S/c1-12(2)15(17-10-3-11-21(18,19)20)9-6-13-4-7-14(16)8-5-13/h4-9,12,15,17H,3,10-11H2,1-2H3,(H,18,19,20)/b9-6+. The van der Waals surface area contributed by atoms with Crippen molar-refractivity contribution in [2.45, 2.75) is 26.3 Å². The molecule has 0 spiro atoms. The van der Waals surface area contributed by atoms with Crippen molar-refractivity contribution in [1.82, 2.24) is 5.32 Å². The first-order valence-electron chi connectivity index (χ1n) is 6.90. The van der Waals surface area contributed by atoms with E-state index in [1.54, 1.807) is 0 Å². The molecule has 21 heavy (non-hydrogen) atoms. The van der Waals surface area contributed by atoms with Gasteiger partial charge in [0.2, 0.25) is 0 Å². The largest absolute Gasteiger partial charge is 0.310 e. The summed E-state index contributed by atoms with van der Waals surface area (Å²) in [4.78, 5) is 0. The molecule has 6 heteroatoms. The highest BCUT2D eigenvalue weighted by atomic mass is 79.9. The molecule has 2 N–H and O–H groups in total. The third-order valence-electron chi connectivity index (χ3n) is 3.04. The van der Waals surface area contributed by atoms with Crippen molar-refractivity contribution in [3.8, 4) is 0 Å². The van der Waals surface area contributed by atoms with Gasteiger partial charge in [0.25, 0.3) is 10.1 Å². The summed E-state index contributed by atoms with van der Waals surface area (Å²) in [5, 5.41) is 3.30. The molecular formula is C15H22BrNO3S. The Morgan fingerprint density at radius 1 is 1.29 bits per heavy atom. The Morgan fingerprint density at radius 3 is 2.43 bits per heavy atom. The van der Waals surface area contributed by atoms with Crippen LogP contribution in [0.1, 0.15) is 25.8 Å². The number of benzene rings is 1. The van der Waals surface area contributed by atoms with E-state index < -0.39 is 10.1 Å². The van der Waals surface area contributed by atoms with Gasteiger partial charge in [0.15, 0.2) is 0 Å². The Bertz CT molecular complexity index is 553. The van der Waals surface area contributed by atoms with Crippen molar-refractivity contribution < 1.29 is 13.0 Å². The van der Waals surface area contributed by atoms with Crippen LogP contribution in [0.15, 0.2) is 34.8 Å². The molecule has 0 aliphatic heterocycles. The summed E-state index contributed by atoms with van der Waals surface area (Å²) in [7, 11) is -3.86. The molecule has 1 aromatic carbocycles. The number of hydrogen-bond acceptors (Lipinski definition) is 3. The molecule has 0 bridgehead atoms. The van der Waals surface area contributed by atoms with Crippen LogP contribution in [0.5, 0.6) is 0 Å². The lowest BCUT2D eigenvalue weighted by Gasteiger charge is -2.18. The molecule has 1 atom stereocenters. The highest BCUT2D eigenvalue weighted by molar-refractivity contribution is 9.10. The summed E-state index contributed by atoms with van der Waals surface area (Å²) in [6.07, 6.45) is 4.53. The van der Waals surface area contributed by atoms with Crippen LogP contribution in [0, 0.1) is 5.92 Å². The fraction of sp³-hybridized carbons (Fsp3) is 0.467. The van der Waals surface area contributed by atoms with Gasteiger partial charge in [0.05, 0.1) is 5.75 Å². The van der Waals surface area contributed by atoms with Gasteiger partial charge in [-0.05, 0) is 36.6 Å². The quantitative estimate of drug-likeness (QED) is 0.539. The highest BCUT2D eigenvalue weighted by Crippen LogP contribution is 2.13. The summed E-state index contributed by atoms with van der Waals surface area (Å²) < 4.78 is 31.1. The SMILES string of the molecule is CC(C)C(/C=C/c1ccc(Br)cc1)NCCCS(=O)(=O)O. The van der Waals surface area contributed by atoms with Crippen molar-refractivity contribution in [3.63, 3.8) is 0 Å². The average Bonchev–Trinajstić information content (AvgIpc) is 2.38. The molecule has 0 amide bonds. The minimum atomic E-state index is -3.86. The predicted octanol–water partition coefficient (Wildman–Crippen LogP) is 3.35. The van der Waals surface area contributed by atoms with Crippen LogP contribution in [-0.4, -0.2) is 31.3 Å². The molecular weight excluding hydrogens is 354 g/mol. The van der Waals surface area contributed by atoms with Crippen LogP contribution >= 0.6 is 15.9 Å². The van der Waals surface area contributed by atoms with Crippen molar-refractivity contribution in [2.75, 3.05) is 12.3 Å². The zero-order valence-corrected chi connectivity index (χ0v) is 14.7. The second-order valence-corrected chi connectivity index (χ2v) is 7.76. The van der Waals surface area contributed by atoms with Crippen molar-refractivity contribution >= 4 is 32.1 Å². The van der Waals surface area contributed by atoms with Gasteiger partial charge in [-0.15, -0.1) is 0 Å². The molecule has 1 rings (SSSR count). The molecule has 0 aliphatic carbocycles. The maximum Gasteiger partial charge on any atom is 0.264 e. The number of nitrogens with one attached hydrogen (secondary N) is 1. The lowest BCUT2D eigenvalue weighted by Crippen LogP contribution is -2.33. The van der Waals surface area contributed by atoms with E-state index in [1.165, 1.54) is 0 Å². The fourth-order valence-corrected chi connectivity index (χ4v) is 2.61. The van der Waals surface area contributed by atoms with Crippen molar-refractivity contribution in [1.29, 1.82) is 0 Å². The third kappa shape index (κ3) is 8.36. The van der Waals surface area contributed by atoms with Gasteiger partial charge < -0.3 is 5.32 Å². The van der Waals surface area contributed by atoms with E-state index >= 15 is 0 Å². The molecule has 0 aromatic heterocycles. The Labute approximate surface area is 135 Å². The normalized spacial score (nSPS) is 14.0. The van der Waals surface area contributed by atoms with Gasteiger partial charge in [0, 0.05) is 10.5 Å². The van der Waals surface area contributed by atoms with Crippen LogP contribution in [0.25, 0.3) is 6.08 Å². The topological polar surface area (TPSA) is 66.4 Å². The molecule has 0 aliphatic rings. The predicted molar refractivity (Wildman–Crippen MR) is 90.8 cm³/mol. The molecule has 0 saturated heterocycles. The third-order valence-corrected chi connectivity index (χ3v) is 4.38. The first kappa shape index (κ1) is 18.4. The Balaban J connectivity index is 2.51. The maximum absolute atomic E-state index is 10.7. The fourth-order valence-electron chi connectivity index (χ4n) is 1.84. The lowest BCUT2D eigenvalue weighted by molar-refractivity contribution is 0.456. The van der Waals surface area contributed by atoms with Crippen LogP contribution in [0.3, 0.4) is 0 Å². The Hall–Kier alpha value is -0.690. The van der Waals surface area contributed by atoms with Gasteiger partial charge >= 0.3 is 0 Å². The maximum atomic E-state index is 10.7. The molecule has 0 radical (unpaired) electrons. The van der Waals surface area contributed by atoms with Crippen LogP contribution < -0.4 is 5.32 Å². The summed E-state index contributed by atoms with van der Waals surface area (Å²) in [5.41, 5.74) is 1.11. The van der Waals surface area contributed by atoms with Crippen LogP contribution in [0.4, 0.5) is 0 Å². The van der Waals surface area contributed by atoms with Crippen LogP contribution in [-0.2, 0) is 10.1 Å². The number of hydrogen-bond donors (Lipinski definition) is 2. The summed E-state index contributed by atoms with van der Waals surface area (Å²) in [6, 6.07) is 8.19. The van der Waals surface area contributed by atoms with Crippen LogP contribution in [0.2, 0.25) is 0 Å². The smallest absolute Gasteiger partial charge is 0.264 e. The zero-order valence-electron chi connectivity index (χ0n) is 12.3. The monoisotopic (exact) mass is 375 g/mol. The van der Waals surface area contributed by atoms with Crippen molar-refractivity contribution in [2.24, 2.45) is 5.92 Å². The minimum absolute atomic E-state index is 0.162. The van der Waals surface area contributed by atoms with Gasteiger partial charge in [-0.1, -0.05) is 54.1 Å². The summed E-state index contributed by atoms with van der Waals surface area (Å²) in [5.74, 6) is 0.184. The van der Waals surface area contributed by atoms with E-state index in [-0.39, 0.29) is 11.8 Å². The molecule has 0 saturated carbocycles. The minimum Gasteiger partial charge on any atom is -0.310 e. The number of rotatable bonds is 8. The van der Waals surface area contributed by atoms with Gasteiger partial charge in [-0.25, -0.2) is 0 Å². The molecule has 0 heterocycles. The van der Waals surface area contributed by atoms with E-state index in [1.807, 2.05) is 30.3 Å². The Kier molecular flexibility index (Phi) is 7.59. The average molecular weight is 376 g/mol. The molecule has 4 nitrogen and oxygen atoms in total. The second kappa shape index (κ2) is 8.68. The molecule has 0 fully saturated rings. The van der Waals surface area contributed by atoms with E-state index in [0.717, 1.165) is 10.0 Å². The van der Waals surface area contributed by atoms with E-state index in [0.29, 0.717) is 18.9 Å². The molecule has 1 unspecified atom stereocenters. The first-order chi connectivity index (χ1) is 9.78. The Morgan fingerprint density at radius 2 is 1.90 bits per heavy atom. The summed E-state index contributed by atoms with van der Waals surface area (Å²) in [6.45, 7) is 4.76.